The molecule has 14 heavy (non-hydrogen) atoms. The van der Waals surface area contributed by atoms with Crippen LogP contribution >= 0.6 is 9.24 Å². The van der Waals surface area contributed by atoms with E-state index in [0.29, 0.717) is 23.0 Å². The van der Waals surface area contributed by atoms with Gasteiger partial charge in [-0.25, -0.2) is 0 Å². The van der Waals surface area contributed by atoms with Gasteiger partial charge in [0.1, 0.15) is 0 Å². The van der Waals surface area contributed by atoms with Crippen molar-refractivity contribution >= 4 is 9.24 Å². The average molecular weight is 213 g/mol. The molecule has 0 radical (unpaired) electrons. The van der Waals surface area contributed by atoms with Crippen molar-refractivity contribution in [1.82, 2.24) is 4.90 Å². The summed E-state index contributed by atoms with van der Waals surface area (Å²) >= 11 is 0. The van der Waals surface area contributed by atoms with Gasteiger partial charge in [-0.2, -0.15) is 0 Å². The first-order valence-corrected chi connectivity index (χ1v) is 6.07. The van der Waals surface area contributed by atoms with E-state index < -0.39 is 0 Å². The van der Waals surface area contributed by atoms with Crippen LogP contribution in [0.5, 0.6) is 0 Å². The van der Waals surface area contributed by atoms with E-state index in [9.17, 15) is 0 Å². The Balaban J connectivity index is 2.96. The van der Waals surface area contributed by atoms with Crippen molar-refractivity contribution in [3.8, 4) is 0 Å². The standard InChI is InChI=1S/C12H24NP/c1-8(2)10-7-11(13(5)6)12(10,14)9(3)4/h7-9,11H,14H2,1-6H3. The first kappa shape index (κ1) is 12.2. The molecule has 0 aliphatic heterocycles. The van der Waals surface area contributed by atoms with Crippen LogP contribution in [0.2, 0.25) is 0 Å². The highest BCUT2D eigenvalue weighted by Crippen LogP contribution is 2.50. The maximum atomic E-state index is 3.10. The monoisotopic (exact) mass is 213 g/mol. The van der Waals surface area contributed by atoms with Crippen LogP contribution in [0.25, 0.3) is 0 Å². The Labute approximate surface area is 91.1 Å². The first-order chi connectivity index (χ1) is 6.31. The Kier molecular flexibility index (Phi) is 3.44. The van der Waals surface area contributed by atoms with Crippen LogP contribution in [-0.4, -0.2) is 30.2 Å². The molecule has 0 aromatic heterocycles. The third kappa shape index (κ3) is 1.66. The summed E-state index contributed by atoms with van der Waals surface area (Å²) in [5.74, 6) is 1.36. The average Bonchev–Trinajstić information content (AvgIpc) is 1.98. The fraction of sp³-hybridized carbons (Fsp3) is 0.833. The fourth-order valence-corrected chi connectivity index (χ4v) is 3.29. The van der Waals surface area contributed by atoms with Crippen LogP contribution in [0.4, 0.5) is 0 Å². The zero-order valence-electron chi connectivity index (χ0n) is 10.3. The quantitative estimate of drug-likeness (QED) is 0.514. The topological polar surface area (TPSA) is 3.24 Å². The van der Waals surface area contributed by atoms with Crippen molar-refractivity contribution in [3.63, 3.8) is 0 Å². The highest BCUT2D eigenvalue weighted by molar-refractivity contribution is 7.19. The minimum atomic E-state index is 0.303. The SMILES string of the molecule is CC(C)C1=CC(N(C)C)C1(P)C(C)C. The molecule has 0 fully saturated rings. The minimum absolute atomic E-state index is 0.303. The van der Waals surface area contributed by atoms with E-state index in [1.807, 2.05) is 0 Å². The molecule has 82 valence electrons. The summed E-state index contributed by atoms with van der Waals surface area (Å²) < 4.78 is 0. The molecule has 1 aliphatic rings. The van der Waals surface area contributed by atoms with Crippen molar-refractivity contribution in [1.29, 1.82) is 0 Å². The van der Waals surface area contributed by atoms with E-state index in [1.165, 1.54) is 0 Å². The summed E-state index contributed by atoms with van der Waals surface area (Å²) in [5.41, 5.74) is 1.61. The largest absolute Gasteiger partial charge is 0.302 e. The Morgan fingerprint density at radius 2 is 1.79 bits per heavy atom. The van der Waals surface area contributed by atoms with E-state index in [4.69, 9.17) is 0 Å². The van der Waals surface area contributed by atoms with Gasteiger partial charge >= 0.3 is 0 Å². The minimum Gasteiger partial charge on any atom is -0.302 e. The molecular formula is C12H24NP. The molecule has 0 saturated carbocycles. The summed E-state index contributed by atoms with van der Waals surface area (Å²) in [6.07, 6.45) is 2.43. The number of hydrogen-bond donors (Lipinski definition) is 0. The molecule has 0 spiro atoms. The van der Waals surface area contributed by atoms with Crippen molar-refractivity contribution in [2.75, 3.05) is 14.1 Å². The number of rotatable bonds is 3. The Bertz CT molecular complexity index is 243. The molecule has 0 bridgehead atoms. The highest BCUT2D eigenvalue weighted by Gasteiger charge is 2.48. The van der Waals surface area contributed by atoms with Gasteiger partial charge in [0.15, 0.2) is 0 Å². The van der Waals surface area contributed by atoms with Crippen LogP contribution in [-0.2, 0) is 0 Å². The van der Waals surface area contributed by atoms with Gasteiger partial charge in [0.25, 0.3) is 0 Å². The molecule has 1 rings (SSSR count). The van der Waals surface area contributed by atoms with Crippen molar-refractivity contribution in [3.05, 3.63) is 11.6 Å². The lowest BCUT2D eigenvalue weighted by atomic mass is 9.67. The smallest absolute Gasteiger partial charge is 0.0405 e. The number of nitrogens with zero attached hydrogens (tertiary/aromatic N) is 1. The number of hydrogen-bond acceptors (Lipinski definition) is 1. The Hall–Kier alpha value is 0.130. The van der Waals surface area contributed by atoms with Gasteiger partial charge in [-0.1, -0.05) is 39.3 Å². The number of likely N-dealkylation sites (N-methyl/N-ethyl adjacent to an activating group) is 1. The first-order valence-electron chi connectivity index (χ1n) is 5.49. The molecule has 0 aromatic rings. The molecule has 0 N–H and O–H groups in total. The molecule has 0 saturated heterocycles. The molecule has 0 amide bonds. The maximum Gasteiger partial charge on any atom is 0.0405 e. The molecule has 0 heterocycles. The van der Waals surface area contributed by atoms with Crippen LogP contribution in [0.15, 0.2) is 11.6 Å². The lowest BCUT2D eigenvalue weighted by molar-refractivity contribution is 0.219. The summed E-state index contributed by atoms with van der Waals surface area (Å²) in [6, 6.07) is 0.588. The van der Waals surface area contributed by atoms with Gasteiger partial charge in [0.05, 0.1) is 0 Å². The maximum absolute atomic E-state index is 3.10. The van der Waals surface area contributed by atoms with Gasteiger partial charge in [-0.3, -0.25) is 0 Å². The van der Waals surface area contributed by atoms with Crippen molar-refractivity contribution in [2.24, 2.45) is 11.8 Å². The third-order valence-corrected chi connectivity index (χ3v) is 4.80. The second kappa shape index (κ2) is 3.94. The van der Waals surface area contributed by atoms with Gasteiger partial charge in [0, 0.05) is 11.2 Å². The summed E-state index contributed by atoms with van der Waals surface area (Å²) in [4.78, 5) is 2.32. The molecule has 1 aliphatic carbocycles. The van der Waals surface area contributed by atoms with Gasteiger partial charge in [0.2, 0.25) is 0 Å². The normalized spacial score (nSPS) is 32.4. The van der Waals surface area contributed by atoms with Crippen molar-refractivity contribution < 1.29 is 0 Å². The molecule has 3 atom stereocenters. The molecule has 2 heteroatoms. The predicted molar refractivity (Wildman–Crippen MR) is 67.7 cm³/mol. The Morgan fingerprint density at radius 1 is 1.29 bits per heavy atom. The van der Waals surface area contributed by atoms with Crippen LogP contribution < -0.4 is 0 Å². The van der Waals surface area contributed by atoms with Gasteiger partial charge < -0.3 is 4.90 Å². The summed E-state index contributed by atoms with van der Waals surface area (Å²) in [7, 11) is 7.43. The third-order valence-electron chi connectivity index (χ3n) is 3.46. The van der Waals surface area contributed by atoms with Gasteiger partial charge in [-0.15, -0.1) is 9.24 Å². The molecule has 1 nitrogen and oxygen atoms in total. The van der Waals surface area contributed by atoms with E-state index >= 15 is 0 Å². The van der Waals surface area contributed by atoms with E-state index in [2.05, 4.69) is 62.0 Å². The lowest BCUT2D eigenvalue weighted by Gasteiger charge is -2.53. The van der Waals surface area contributed by atoms with Crippen molar-refractivity contribution in [2.45, 2.75) is 38.9 Å². The van der Waals surface area contributed by atoms with Crippen LogP contribution in [0.3, 0.4) is 0 Å². The Morgan fingerprint density at radius 3 is 2.07 bits per heavy atom. The molecule has 0 aromatic carbocycles. The van der Waals surface area contributed by atoms with Crippen LogP contribution in [0.1, 0.15) is 27.7 Å². The lowest BCUT2D eigenvalue weighted by Crippen LogP contribution is -2.57. The van der Waals surface area contributed by atoms with Crippen LogP contribution in [0, 0.1) is 11.8 Å². The van der Waals surface area contributed by atoms with E-state index in [1.54, 1.807) is 5.57 Å². The predicted octanol–water partition coefficient (Wildman–Crippen LogP) is 2.78. The second-order valence-corrected chi connectivity index (χ2v) is 6.23. The van der Waals surface area contributed by atoms with Gasteiger partial charge in [-0.05, 0) is 25.9 Å². The summed E-state index contributed by atoms with van der Waals surface area (Å²) in [6.45, 7) is 9.22. The molecule has 3 unspecified atom stereocenters. The fourth-order valence-electron chi connectivity index (χ4n) is 2.47. The zero-order valence-corrected chi connectivity index (χ0v) is 11.5. The van der Waals surface area contributed by atoms with E-state index in [-0.39, 0.29) is 0 Å². The second-order valence-electron chi connectivity index (χ2n) is 5.27. The highest BCUT2D eigenvalue weighted by atomic mass is 31.0. The zero-order chi connectivity index (χ0) is 11.1. The molecular weight excluding hydrogens is 189 g/mol. The summed E-state index contributed by atoms with van der Waals surface area (Å²) in [5, 5.41) is 0.303. The van der Waals surface area contributed by atoms with E-state index in [0.717, 1.165) is 0 Å².